The largest absolute Gasteiger partial charge is 0.303 e. The number of hydrogen-bond donors (Lipinski definition) is 1. The van der Waals surface area contributed by atoms with Crippen LogP contribution in [0, 0.1) is 0 Å². The topological polar surface area (TPSA) is 3.24 Å². The summed E-state index contributed by atoms with van der Waals surface area (Å²) in [6.45, 7) is 3.45. The highest BCUT2D eigenvalue weighted by Gasteiger charge is 2.10. The second-order valence-electron chi connectivity index (χ2n) is 3.08. The molecule has 1 unspecified atom stereocenters. The van der Waals surface area contributed by atoms with Gasteiger partial charge >= 0.3 is 0 Å². The van der Waals surface area contributed by atoms with Gasteiger partial charge in [-0.15, -0.1) is 0 Å². The van der Waals surface area contributed by atoms with E-state index in [4.69, 9.17) is 0 Å². The fourth-order valence-electron chi connectivity index (χ4n) is 1.25. The summed E-state index contributed by atoms with van der Waals surface area (Å²) in [6, 6.07) is 0.750. The number of hydrogen-bond acceptors (Lipinski definition) is 3. The Morgan fingerprint density at radius 2 is 2.17 bits per heavy atom. The van der Waals surface area contributed by atoms with Crippen molar-refractivity contribution >= 4 is 24.4 Å². The Kier molecular flexibility index (Phi) is 8.72. The molecule has 0 aromatic rings. The van der Waals surface area contributed by atoms with Crippen molar-refractivity contribution in [3.63, 3.8) is 0 Å². The van der Waals surface area contributed by atoms with Crippen molar-refractivity contribution in [3.8, 4) is 0 Å². The average Bonchev–Trinajstić information content (AvgIpc) is 2.10. The Balaban J connectivity index is 3.60. The average molecular weight is 207 g/mol. The molecule has 0 radical (unpaired) electrons. The minimum atomic E-state index is 0.750. The summed E-state index contributed by atoms with van der Waals surface area (Å²) in [5, 5.41) is 0. The molecule has 0 bridgehead atoms. The first-order valence-electron chi connectivity index (χ1n) is 4.56. The molecule has 0 N–H and O–H groups in total. The van der Waals surface area contributed by atoms with E-state index in [1.54, 1.807) is 0 Å². The minimum absolute atomic E-state index is 0.750. The van der Waals surface area contributed by atoms with Gasteiger partial charge in [0.2, 0.25) is 0 Å². The smallest absolute Gasteiger partial charge is 0.0180 e. The molecule has 74 valence electrons. The van der Waals surface area contributed by atoms with Gasteiger partial charge in [-0.1, -0.05) is 6.92 Å². The molecular weight excluding hydrogens is 186 g/mol. The van der Waals surface area contributed by atoms with Gasteiger partial charge in [0.25, 0.3) is 0 Å². The monoisotopic (exact) mass is 207 g/mol. The normalized spacial score (nSPS) is 13.8. The van der Waals surface area contributed by atoms with E-state index in [1.165, 1.54) is 25.1 Å². The van der Waals surface area contributed by atoms with Crippen LogP contribution in [-0.4, -0.2) is 42.3 Å². The molecule has 0 spiro atoms. The van der Waals surface area contributed by atoms with E-state index < -0.39 is 0 Å². The molecule has 0 aliphatic carbocycles. The maximum absolute atomic E-state index is 4.21. The third-order valence-corrected chi connectivity index (χ3v) is 3.16. The molecule has 0 heterocycles. The molecule has 0 rings (SSSR count). The molecule has 0 saturated heterocycles. The van der Waals surface area contributed by atoms with Crippen molar-refractivity contribution < 1.29 is 0 Å². The second kappa shape index (κ2) is 8.27. The second-order valence-corrected chi connectivity index (χ2v) is 4.43. The van der Waals surface area contributed by atoms with Gasteiger partial charge in [-0.05, 0) is 38.4 Å². The first-order valence-corrected chi connectivity index (χ1v) is 6.58. The summed E-state index contributed by atoms with van der Waals surface area (Å²) < 4.78 is 0. The lowest BCUT2D eigenvalue weighted by Crippen LogP contribution is -2.34. The van der Waals surface area contributed by atoms with E-state index in [2.05, 4.69) is 37.8 Å². The van der Waals surface area contributed by atoms with Crippen LogP contribution < -0.4 is 0 Å². The molecule has 0 saturated carbocycles. The summed E-state index contributed by atoms with van der Waals surface area (Å²) in [6.07, 6.45) is 4.63. The molecule has 0 aromatic carbocycles. The molecule has 0 aliphatic rings. The van der Waals surface area contributed by atoms with Crippen molar-refractivity contribution in [1.29, 1.82) is 0 Å². The zero-order valence-electron chi connectivity index (χ0n) is 8.42. The summed E-state index contributed by atoms with van der Waals surface area (Å²) in [5.41, 5.74) is 0. The zero-order chi connectivity index (χ0) is 9.40. The van der Waals surface area contributed by atoms with Crippen molar-refractivity contribution in [3.05, 3.63) is 0 Å². The van der Waals surface area contributed by atoms with E-state index in [-0.39, 0.29) is 0 Å². The summed E-state index contributed by atoms with van der Waals surface area (Å²) >= 11 is 6.15. The molecule has 0 aliphatic heterocycles. The molecule has 12 heavy (non-hydrogen) atoms. The standard InChI is InChI=1S/C9H21NS2/c1-4-9(8-12-3)10(2)6-5-7-11/h9,11H,4-8H2,1-3H3. The fourth-order valence-corrected chi connectivity index (χ4v) is 2.27. The van der Waals surface area contributed by atoms with Crippen LogP contribution in [0.3, 0.4) is 0 Å². The summed E-state index contributed by atoms with van der Waals surface area (Å²) in [4.78, 5) is 2.45. The van der Waals surface area contributed by atoms with Gasteiger partial charge in [0.15, 0.2) is 0 Å². The maximum atomic E-state index is 4.21. The Morgan fingerprint density at radius 1 is 1.50 bits per heavy atom. The molecule has 0 aromatic heterocycles. The Morgan fingerprint density at radius 3 is 2.58 bits per heavy atom. The highest BCUT2D eigenvalue weighted by atomic mass is 32.2. The highest BCUT2D eigenvalue weighted by molar-refractivity contribution is 7.98. The third kappa shape index (κ3) is 5.33. The molecule has 1 nitrogen and oxygen atoms in total. The van der Waals surface area contributed by atoms with E-state index in [1.807, 2.05) is 11.8 Å². The van der Waals surface area contributed by atoms with Crippen LogP contribution in [-0.2, 0) is 0 Å². The van der Waals surface area contributed by atoms with Crippen LogP contribution >= 0.6 is 24.4 Å². The van der Waals surface area contributed by atoms with Crippen LogP contribution in [0.15, 0.2) is 0 Å². The lowest BCUT2D eigenvalue weighted by molar-refractivity contribution is 0.257. The highest BCUT2D eigenvalue weighted by Crippen LogP contribution is 2.08. The van der Waals surface area contributed by atoms with Gasteiger partial charge < -0.3 is 4.90 Å². The van der Waals surface area contributed by atoms with Gasteiger partial charge in [-0.2, -0.15) is 24.4 Å². The quantitative estimate of drug-likeness (QED) is 0.639. The number of nitrogens with zero attached hydrogens (tertiary/aromatic N) is 1. The van der Waals surface area contributed by atoms with Gasteiger partial charge in [0, 0.05) is 11.8 Å². The molecule has 0 fully saturated rings. The number of thiol groups is 1. The van der Waals surface area contributed by atoms with E-state index >= 15 is 0 Å². The lowest BCUT2D eigenvalue weighted by atomic mass is 10.2. The van der Waals surface area contributed by atoms with Crippen molar-refractivity contribution in [2.75, 3.05) is 31.4 Å². The Hall–Kier alpha value is 0.660. The van der Waals surface area contributed by atoms with Gasteiger partial charge in [-0.3, -0.25) is 0 Å². The minimum Gasteiger partial charge on any atom is -0.303 e. The first kappa shape index (κ1) is 12.7. The van der Waals surface area contributed by atoms with E-state index in [0.29, 0.717) is 0 Å². The summed E-state index contributed by atoms with van der Waals surface area (Å²) in [7, 11) is 2.22. The first-order chi connectivity index (χ1) is 5.76. The molecule has 3 heteroatoms. The summed E-state index contributed by atoms with van der Waals surface area (Å²) in [5.74, 6) is 2.25. The van der Waals surface area contributed by atoms with E-state index in [0.717, 1.165) is 11.8 Å². The Labute approximate surface area is 86.7 Å². The van der Waals surface area contributed by atoms with Gasteiger partial charge in [-0.25, -0.2) is 0 Å². The predicted octanol–water partition coefficient (Wildman–Crippen LogP) is 2.38. The number of thioether (sulfide) groups is 1. The molecule has 0 amide bonds. The van der Waals surface area contributed by atoms with Crippen LogP contribution in [0.5, 0.6) is 0 Å². The fraction of sp³-hybridized carbons (Fsp3) is 1.00. The third-order valence-electron chi connectivity index (χ3n) is 2.12. The Bertz CT molecular complexity index is 98.5. The van der Waals surface area contributed by atoms with Crippen LogP contribution in [0.25, 0.3) is 0 Å². The SMILES string of the molecule is CCC(CSC)N(C)CCCS. The lowest BCUT2D eigenvalue weighted by Gasteiger charge is -2.26. The van der Waals surface area contributed by atoms with Gasteiger partial charge in [0.1, 0.15) is 0 Å². The maximum Gasteiger partial charge on any atom is 0.0180 e. The molecular formula is C9H21NS2. The van der Waals surface area contributed by atoms with Crippen molar-refractivity contribution in [1.82, 2.24) is 4.90 Å². The van der Waals surface area contributed by atoms with Crippen LogP contribution in [0.2, 0.25) is 0 Å². The molecule has 1 atom stereocenters. The van der Waals surface area contributed by atoms with Crippen molar-refractivity contribution in [2.24, 2.45) is 0 Å². The zero-order valence-corrected chi connectivity index (χ0v) is 10.1. The van der Waals surface area contributed by atoms with Gasteiger partial charge in [0.05, 0.1) is 0 Å². The number of rotatable bonds is 7. The predicted molar refractivity (Wildman–Crippen MR) is 63.6 cm³/mol. The van der Waals surface area contributed by atoms with Crippen LogP contribution in [0.1, 0.15) is 19.8 Å². The van der Waals surface area contributed by atoms with Crippen molar-refractivity contribution in [2.45, 2.75) is 25.8 Å². The van der Waals surface area contributed by atoms with Crippen LogP contribution in [0.4, 0.5) is 0 Å². The van der Waals surface area contributed by atoms with E-state index in [9.17, 15) is 0 Å².